The Bertz CT molecular complexity index is 424. The molecular formula is C14H20BrClN2O. The lowest BCUT2D eigenvalue weighted by Gasteiger charge is -2.38. The fourth-order valence-corrected chi connectivity index (χ4v) is 2.77. The second-order valence-corrected chi connectivity index (χ2v) is 5.94. The molecule has 1 aliphatic rings. The number of carbonyl (C=O) groups is 1. The van der Waals surface area contributed by atoms with Crippen molar-refractivity contribution in [3.63, 3.8) is 0 Å². The molecular weight excluding hydrogens is 328 g/mol. The van der Waals surface area contributed by atoms with Gasteiger partial charge in [-0.2, -0.15) is 0 Å². The van der Waals surface area contributed by atoms with Gasteiger partial charge in [-0.3, -0.25) is 4.79 Å². The van der Waals surface area contributed by atoms with E-state index in [0.717, 1.165) is 29.4 Å². The molecule has 0 aliphatic carbocycles. The molecule has 2 rings (SSSR count). The number of likely N-dealkylation sites (tertiary alicyclic amines) is 1. The van der Waals surface area contributed by atoms with Crippen LogP contribution in [0, 0.1) is 5.92 Å². The summed E-state index contributed by atoms with van der Waals surface area (Å²) in [6, 6.07) is 7.70. The van der Waals surface area contributed by atoms with Gasteiger partial charge in [-0.15, -0.1) is 12.4 Å². The summed E-state index contributed by atoms with van der Waals surface area (Å²) in [6.07, 6.45) is 2.08. The van der Waals surface area contributed by atoms with Crippen LogP contribution in [-0.2, 0) is 0 Å². The van der Waals surface area contributed by atoms with Crippen LogP contribution in [0.15, 0.2) is 28.7 Å². The van der Waals surface area contributed by atoms with Crippen LogP contribution in [-0.4, -0.2) is 29.9 Å². The van der Waals surface area contributed by atoms with Crippen LogP contribution < -0.4 is 5.73 Å². The number of nitrogens with two attached hydrogens (primary N) is 1. The van der Waals surface area contributed by atoms with Crippen LogP contribution in [0.3, 0.4) is 0 Å². The van der Waals surface area contributed by atoms with Gasteiger partial charge in [0.2, 0.25) is 0 Å². The zero-order valence-corrected chi connectivity index (χ0v) is 13.4. The number of amides is 1. The summed E-state index contributed by atoms with van der Waals surface area (Å²) in [6.45, 7) is 3.59. The number of nitrogens with zero attached hydrogens (tertiary/aromatic N) is 1. The van der Waals surface area contributed by atoms with Gasteiger partial charge in [-0.1, -0.05) is 22.9 Å². The van der Waals surface area contributed by atoms with Crippen molar-refractivity contribution in [2.45, 2.75) is 25.8 Å². The van der Waals surface area contributed by atoms with E-state index in [1.54, 1.807) is 0 Å². The minimum atomic E-state index is 0. The molecule has 2 N–H and O–H groups in total. The van der Waals surface area contributed by atoms with Gasteiger partial charge in [0.15, 0.2) is 0 Å². The summed E-state index contributed by atoms with van der Waals surface area (Å²) < 4.78 is 0.988. The van der Waals surface area contributed by atoms with Crippen LogP contribution in [0.1, 0.15) is 30.1 Å². The van der Waals surface area contributed by atoms with E-state index in [1.165, 1.54) is 0 Å². The molecule has 5 heteroatoms. The predicted octanol–water partition coefficient (Wildman–Crippen LogP) is 3.07. The van der Waals surface area contributed by atoms with Gasteiger partial charge < -0.3 is 10.6 Å². The topological polar surface area (TPSA) is 46.3 Å². The van der Waals surface area contributed by atoms with E-state index in [4.69, 9.17) is 5.73 Å². The number of hydrogen-bond acceptors (Lipinski definition) is 2. The smallest absolute Gasteiger partial charge is 0.254 e. The molecule has 0 radical (unpaired) electrons. The zero-order chi connectivity index (χ0) is 13.1. The molecule has 1 heterocycles. The van der Waals surface area contributed by atoms with E-state index in [0.29, 0.717) is 12.5 Å². The lowest BCUT2D eigenvalue weighted by Crippen LogP contribution is -2.49. The average molecular weight is 348 g/mol. The maximum atomic E-state index is 12.4. The van der Waals surface area contributed by atoms with Crippen molar-refractivity contribution in [1.82, 2.24) is 4.90 Å². The minimum Gasteiger partial charge on any atom is -0.334 e. The Balaban J connectivity index is 0.00000180. The van der Waals surface area contributed by atoms with Crippen molar-refractivity contribution < 1.29 is 4.79 Å². The first-order valence-electron chi connectivity index (χ1n) is 6.38. The first-order valence-corrected chi connectivity index (χ1v) is 7.17. The summed E-state index contributed by atoms with van der Waals surface area (Å²) in [4.78, 5) is 14.4. The SMILES string of the molecule is CC1CCN(C(=O)c2ccc(Br)cc2)C(CN)C1.Cl. The van der Waals surface area contributed by atoms with E-state index in [2.05, 4.69) is 22.9 Å². The van der Waals surface area contributed by atoms with Crippen molar-refractivity contribution in [3.05, 3.63) is 34.3 Å². The Hall–Kier alpha value is -0.580. The molecule has 19 heavy (non-hydrogen) atoms. The molecule has 2 atom stereocenters. The molecule has 1 saturated heterocycles. The maximum Gasteiger partial charge on any atom is 0.254 e. The number of piperidine rings is 1. The lowest BCUT2D eigenvalue weighted by molar-refractivity contribution is 0.0573. The van der Waals surface area contributed by atoms with Crippen molar-refractivity contribution in [3.8, 4) is 0 Å². The van der Waals surface area contributed by atoms with E-state index >= 15 is 0 Å². The molecule has 106 valence electrons. The van der Waals surface area contributed by atoms with Crippen LogP contribution in [0.2, 0.25) is 0 Å². The van der Waals surface area contributed by atoms with Gasteiger partial charge in [-0.25, -0.2) is 0 Å². The summed E-state index contributed by atoms with van der Waals surface area (Å²) >= 11 is 3.38. The summed E-state index contributed by atoms with van der Waals surface area (Å²) in [5.41, 5.74) is 6.54. The molecule has 0 spiro atoms. The monoisotopic (exact) mass is 346 g/mol. The Kier molecular flexibility index (Phi) is 6.30. The Morgan fingerprint density at radius 3 is 2.63 bits per heavy atom. The van der Waals surface area contributed by atoms with Gasteiger partial charge in [0.1, 0.15) is 0 Å². The van der Waals surface area contributed by atoms with Crippen LogP contribution >= 0.6 is 28.3 Å². The maximum absolute atomic E-state index is 12.4. The Morgan fingerprint density at radius 1 is 1.42 bits per heavy atom. The Morgan fingerprint density at radius 2 is 2.05 bits per heavy atom. The van der Waals surface area contributed by atoms with Crippen LogP contribution in [0.25, 0.3) is 0 Å². The third-order valence-corrected chi connectivity index (χ3v) is 4.13. The molecule has 1 fully saturated rings. The van der Waals surface area contributed by atoms with Gasteiger partial charge in [0.05, 0.1) is 0 Å². The third-order valence-electron chi connectivity index (χ3n) is 3.60. The van der Waals surface area contributed by atoms with Crippen molar-refractivity contribution >= 4 is 34.2 Å². The van der Waals surface area contributed by atoms with Crippen molar-refractivity contribution in [2.24, 2.45) is 11.7 Å². The van der Waals surface area contributed by atoms with E-state index in [-0.39, 0.29) is 24.4 Å². The largest absolute Gasteiger partial charge is 0.334 e. The second-order valence-electron chi connectivity index (χ2n) is 5.02. The van der Waals surface area contributed by atoms with Crippen LogP contribution in [0.4, 0.5) is 0 Å². The molecule has 1 aromatic rings. The van der Waals surface area contributed by atoms with Crippen LogP contribution in [0.5, 0.6) is 0 Å². The first kappa shape index (κ1) is 16.5. The van der Waals surface area contributed by atoms with Gasteiger partial charge >= 0.3 is 0 Å². The first-order chi connectivity index (χ1) is 8.61. The van der Waals surface area contributed by atoms with E-state index < -0.39 is 0 Å². The molecule has 0 saturated carbocycles. The van der Waals surface area contributed by atoms with Gasteiger partial charge in [-0.05, 0) is 43.0 Å². The molecule has 0 bridgehead atoms. The minimum absolute atomic E-state index is 0. The fourth-order valence-electron chi connectivity index (χ4n) is 2.50. The summed E-state index contributed by atoms with van der Waals surface area (Å²) in [5, 5.41) is 0. The highest BCUT2D eigenvalue weighted by Gasteiger charge is 2.29. The fraction of sp³-hybridized carbons (Fsp3) is 0.500. The third kappa shape index (κ3) is 3.94. The van der Waals surface area contributed by atoms with Crippen molar-refractivity contribution in [2.75, 3.05) is 13.1 Å². The standard InChI is InChI=1S/C14H19BrN2O.ClH/c1-10-6-7-17(13(8-10)9-16)14(18)11-2-4-12(15)5-3-11;/h2-5,10,13H,6-9,16H2,1H3;1H. The van der Waals surface area contributed by atoms with Crippen molar-refractivity contribution in [1.29, 1.82) is 0 Å². The highest BCUT2D eigenvalue weighted by molar-refractivity contribution is 9.10. The molecule has 3 nitrogen and oxygen atoms in total. The van der Waals surface area contributed by atoms with Gasteiger partial charge in [0, 0.05) is 29.2 Å². The molecule has 1 aliphatic heterocycles. The molecule has 0 aromatic heterocycles. The molecule has 2 unspecified atom stereocenters. The highest BCUT2D eigenvalue weighted by Crippen LogP contribution is 2.24. The molecule has 1 aromatic carbocycles. The number of hydrogen-bond donors (Lipinski definition) is 1. The number of halogens is 2. The second kappa shape index (κ2) is 7.27. The Labute approximate surface area is 129 Å². The predicted molar refractivity (Wildman–Crippen MR) is 83.7 cm³/mol. The summed E-state index contributed by atoms with van der Waals surface area (Å²) in [7, 11) is 0. The van der Waals surface area contributed by atoms with E-state index in [9.17, 15) is 4.79 Å². The average Bonchev–Trinajstić information content (AvgIpc) is 2.38. The zero-order valence-electron chi connectivity index (χ0n) is 11.0. The quantitative estimate of drug-likeness (QED) is 0.893. The lowest BCUT2D eigenvalue weighted by atomic mass is 9.92. The number of rotatable bonds is 2. The number of benzene rings is 1. The molecule has 1 amide bonds. The highest BCUT2D eigenvalue weighted by atomic mass is 79.9. The number of carbonyl (C=O) groups excluding carboxylic acids is 1. The summed E-state index contributed by atoms with van der Waals surface area (Å²) in [5.74, 6) is 0.761. The van der Waals surface area contributed by atoms with E-state index in [1.807, 2.05) is 29.2 Å². The normalized spacial score (nSPS) is 22.8. The van der Waals surface area contributed by atoms with Gasteiger partial charge in [0.25, 0.3) is 5.91 Å².